The number of aliphatic hydroxyl groups is 1. The van der Waals surface area contributed by atoms with Crippen molar-refractivity contribution < 1.29 is 42.6 Å². The minimum absolute atomic E-state index is 0.0383. The van der Waals surface area contributed by atoms with Crippen molar-refractivity contribution in [2.24, 2.45) is 11.8 Å². The van der Waals surface area contributed by atoms with Gasteiger partial charge in [-0.05, 0) is 112 Å². The van der Waals surface area contributed by atoms with Gasteiger partial charge in [0.15, 0.2) is 19.7 Å². The molecule has 5 atom stereocenters. The zero-order valence-electron chi connectivity index (χ0n) is 37.1. The van der Waals surface area contributed by atoms with E-state index < -0.39 is 60.2 Å². The van der Waals surface area contributed by atoms with Crippen LogP contribution in [0.4, 0.5) is 4.79 Å². The predicted octanol–water partition coefficient (Wildman–Crippen LogP) is 9.74. The first-order chi connectivity index (χ1) is 28.7. The van der Waals surface area contributed by atoms with E-state index in [9.17, 15) is 9.90 Å². The molecular formula is C48H61N3O9Si. The Morgan fingerprint density at radius 2 is 1.74 bits per heavy atom. The van der Waals surface area contributed by atoms with Crippen molar-refractivity contribution in [3.8, 4) is 11.6 Å². The number of benzene rings is 2. The Hall–Kier alpha value is -4.82. The van der Waals surface area contributed by atoms with Gasteiger partial charge in [-0.25, -0.2) is 4.79 Å². The summed E-state index contributed by atoms with van der Waals surface area (Å²) in [6, 6.07) is 12.7. The first-order valence-electron chi connectivity index (χ1n) is 21.4. The van der Waals surface area contributed by atoms with Crippen LogP contribution in [0.15, 0.2) is 77.9 Å². The van der Waals surface area contributed by atoms with Crippen molar-refractivity contribution in [1.29, 1.82) is 0 Å². The number of fused-ring (bicyclic) bond motifs is 4. The van der Waals surface area contributed by atoms with Crippen LogP contribution in [0.2, 0.25) is 18.1 Å². The van der Waals surface area contributed by atoms with Crippen LogP contribution >= 0.6 is 0 Å². The number of hydrogen-bond acceptors (Lipinski definition) is 12. The number of aliphatic hydroxyl groups excluding tert-OH is 1. The van der Waals surface area contributed by atoms with Crippen LogP contribution < -0.4 is 9.47 Å². The molecular weight excluding hydrogens is 791 g/mol. The third-order valence-corrected chi connectivity index (χ3v) is 17.6. The van der Waals surface area contributed by atoms with E-state index in [0.29, 0.717) is 19.5 Å². The number of ether oxygens (including phenoxy) is 3. The lowest BCUT2D eigenvalue weighted by molar-refractivity contribution is -0.141. The molecule has 1 unspecified atom stereocenters. The van der Waals surface area contributed by atoms with E-state index in [1.54, 1.807) is 39.0 Å². The highest BCUT2D eigenvalue weighted by atomic mass is 28.4. The maximum Gasteiger partial charge on any atom is 0.514 e. The molecule has 3 aliphatic carbocycles. The van der Waals surface area contributed by atoms with Gasteiger partial charge < -0.3 is 28.3 Å². The Labute approximate surface area is 360 Å². The maximum absolute atomic E-state index is 16.1. The second kappa shape index (κ2) is 16.5. The standard InChI is InChI=1S/C48H61N3O9Si/c1-12-21-51(22-13-2)39-33-26-32-25-31-24-30(34-20-17-23-50(34)9)27-35(57-45(55)58-46(3,4)5)36(31)40(52)37(32)42(53)48(33,60-61(10,11)47(6,7)8)43(54)38-41(39)59-49-44(38)56-28-29-18-15-14-16-19-29/h12-16,18-19,24,27,32-34,39,52H,1-2,17,20-23,25-26,28H2,3-11H3/t32-,33-,34?,39-,48-/m0/s1. The molecule has 1 N–H and O–H groups in total. The van der Waals surface area contributed by atoms with Gasteiger partial charge in [0.1, 0.15) is 29.3 Å². The second-order valence-electron chi connectivity index (χ2n) is 19.5. The van der Waals surface area contributed by atoms with Crippen LogP contribution in [0, 0.1) is 11.8 Å². The first kappa shape index (κ1) is 44.2. The van der Waals surface area contributed by atoms with E-state index in [-0.39, 0.29) is 58.9 Å². The Balaban J connectivity index is 1.45. The highest BCUT2D eigenvalue weighted by Crippen LogP contribution is 2.59. The number of Topliss-reactive ketones (excluding diaryl/α,β-unsaturated/α-hetero) is 2. The van der Waals surface area contributed by atoms with E-state index in [1.165, 1.54) is 0 Å². The normalized spacial score (nSPS) is 24.2. The summed E-state index contributed by atoms with van der Waals surface area (Å²) in [5.41, 5.74) is -0.102. The largest absolute Gasteiger partial charge is 0.514 e. The van der Waals surface area contributed by atoms with Crippen molar-refractivity contribution in [2.45, 2.75) is 115 Å². The average molecular weight is 852 g/mol. The number of aromatic nitrogens is 1. The Morgan fingerprint density at radius 1 is 1.05 bits per heavy atom. The van der Waals surface area contributed by atoms with E-state index in [0.717, 1.165) is 36.1 Å². The number of carbonyl (C=O) groups is 3. The molecule has 13 heteroatoms. The molecule has 326 valence electrons. The van der Waals surface area contributed by atoms with Gasteiger partial charge in [0.25, 0.3) is 5.88 Å². The number of hydrogen-bond donors (Lipinski definition) is 1. The zero-order valence-corrected chi connectivity index (χ0v) is 38.1. The van der Waals surface area contributed by atoms with E-state index in [2.05, 4.69) is 62.0 Å². The van der Waals surface area contributed by atoms with Crippen LogP contribution in [0.25, 0.3) is 5.76 Å². The lowest BCUT2D eigenvalue weighted by atomic mass is 9.57. The topological polar surface area (TPSA) is 141 Å². The van der Waals surface area contributed by atoms with Gasteiger partial charge in [0.05, 0.1) is 11.6 Å². The Morgan fingerprint density at radius 3 is 2.34 bits per heavy atom. The van der Waals surface area contributed by atoms with Gasteiger partial charge in [0, 0.05) is 30.6 Å². The van der Waals surface area contributed by atoms with Gasteiger partial charge >= 0.3 is 6.16 Å². The van der Waals surface area contributed by atoms with Crippen molar-refractivity contribution >= 4 is 31.8 Å². The van der Waals surface area contributed by atoms with Crippen LogP contribution in [0.1, 0.15) is 111 Å². The molecule has 61 heavy (non-hydrogen) atoms. The summed E-state index contributed by atoms with van der Waals surface area (Å²) in [7, 11) is -0.940. The fraction of sp³-hybridized carbons (Fsp3) is 0.500. The SMILES string of the molecule is C=CCN(CC=C)[C@@H]1c2onc(OCc3ccccc3)c2C(=O)[C@@]2(O[Si](C)(C)C(C)(C)C)C(=O)C3=C(O)c4c(cc(C5CCCN5C)cc4OC(=O)OC(C)(C)C)C[C@H]3C[C@@H]12. The molecule has 0 amide bonds. The summed E-state index contributed by atoms with van der Waals surface area (Å²) in [5, 5.41) is 16.6. The number of ketones is 2. The predicted molar refractivity (Wildman–Crippen MR) is 235 cm³/mol. The summed E-state index contributed by atoms with van der Waals surface area (Å²) in [4.78, 5) is 49.6. The molecule has 1 saturated carbocycles. The summed E-state index contributed by atoms with van der Waals surface area (Å²) >= 11 is 0. The number of carbonyl (C=O) groups excluding carboxylic acids is 3. The molecule has 0 bridgehead atoms. The minimum atomic E-state index is -3.01. The number of likely N-dealkylation sites (tertiary alicyclic amines) is 1. The van der Waals surface area contributed by atoms with E-state index in [1.807, 2.05) is 43.4 Å². The maximum atomic E-state index is 16.1. The van der Waals surface area contributed by atoms with Gasteiger partial charge in [-0.1, -0.05) is 69.3 Å². The van der Waals surface area contributed by atoms with Crippen LogP contribution in [-0.2, 0) is 27.0 Å². The van der Waals surface area contributed by atoms with Crippen LogP contribution in [-0.4, -0.2) is 84.0 Å². The molecule has 2 aromatic carbocycles. The molecule has 1 saturated heterocycles. The van der Waals surface area contributed by atoms with E-state index in [4.69, 9.17) is 23.2 Å². The zero-order chi connectivity index (χ0) is 44.2. The molecule has 1 aromatic heterocycles. The molecule has 0 radical (unpaired) electrons. The number of nitrogens with zero attached hydrogens (tertiary/aromatic N) is 3. The monoisotopic (exact) mass is 851 g/mol. The number of rotatable bonds is 12. The second-order valence-corrected chi connectivity index (χ2v) is 24.2. The third-order valence-electron chi connectivity index (χ3n) is 13.2. The summed E-state index contributed by atoms with van der Waals surface area (Å²) in [6.07, 6.45) is 5.13. The average Bonchev–Trinajstić information content (AvgIpc) is 3.80. The highest BCUT2D eigenvalue weighted by Gasteiger charge is 2.69. The molecule has 4 aliphatic rings. The molecule has 12 nitrogen and oxygen atoms in total. The van der Waals surface area contributed by atoms with Crippen molar-refractivity contribution in [3.05, 3.63) is 107 Å². The highest BCUT2D eigenvalue weighted by molar-refractivity contribution is 6.74. The fourth-order valence-electron chi connectivity index (χ4n) is 9.41. The van der Waals surface area contributed by atoms with E-state index >= 15 is 9.59 Å². The summed E-state index contributed by atoms with van der Waals surface area (Å²) in [5.74, 6) is -2.56. The lowest BCUT2D eigenvalue weighted by Crippen LogP contribution is -2.68. The summed E-state index contributed by atoms with van der Waals surface area (Å²) in [6.45, 7) is 25.3. The first-order valence-corrected chi connectivity index (χ1v) is 24.3. The minimum Gasteiger partial charge on any atom is -0.507 e. The molecule has 0 spiro atoms. The lowest BCUT2D eigenvalue weighted by Gasteiger charge is -2.55. The fourth-order valence-corrected chi connectivity index (χ4v) is 10.9. The molecule has 1 aliphatic heterocycles. The molecule has 7 rings (SSSR count). The molecule has 3 aromatic rings. The van der Waals surface area contributed by atoms with Crippen molar-refractivity contribution in [1.82, 2.24) is 15.0 Å². The van der Waals surface area contributed by atoms with Gasteiger partial charge in [-0.2, -0.15) is 0 Å². The molecule has 2 heterocycles. The van der Waals surface area contributed by atoms with Gasteiger partial charge in [-0.15, -0.1) is 13.2 Å². The van der Waals surface area contributed by atoms with Gasteiger partial charge in [-0.3, -0.25) is 19.4 Å². The third kappa shape index (κ3) is 8.06. The van der Waals surface area contributed by atoms with Crippen LogP contribution in [0.5, 0.6) is 11.6 Å². The Bertz CT molecular complexity index is 2240. The van der Waals surface area contributed by atoms with Crippen LogP contribution in [0.3, 0.4) is 0 Å². The smallest absolute Gasteiger partial charge is 0.507 e. The van der Waals surface area contributed by atoms with Crippen molar-refractivity contribution in [3.63, 3.8) is 0 Å². The molecule has 2 fully saturated rings. The Kier molecular flexibility index (Phi) is 11.9. The summed E-state index contributed by atoms with van der Waals surface area (Å²) < 4.78 is 31.3. The van der Waals surface area contributed by atoms with Gasteiger partial charge in [0.2, 0.25) is 11.6 Å². The quantitative estimate of drug-likeness (QED) is 0.0610. The van der Waals surface area contributed by atoms with Crippen molar-refractivity contribution in [2.75, 3.05) is 26.7 Å².